The predicted molar refractivity (Wildman–Crippen MR) is 80.6 cm³/mol. The van der Waals surface area contributed by atoms with E-state index in [4.69, 9.17) is 9.47 Å². The molecule has 3 nitrogen and oxygen atoms in total. The van der Waals surface area contributed by atoms with Crippen molar-refractivity contribution in [3.05, 3.63) is 35.9 Å². The van der Waals surface area contributed by atoms with Crippen molar-refractivity contribution >= 4 is 6.16 Å². The molecule has 0 aromatic heterocycles. The van der Waals surface area contributed by atoms with Crippen molar-refractivity contribution in [3.8, 4) is 0 Å². The normalized spacial score (nSPS) is 13.6. The molecule has 0 aliphatic carbocycles. The Kier molecular flexibility index (Phi) is 7.78. The smallest absolute Gasteiger partial charge is 0.431 e. The van der Waals surface area contributed by atoms with Crippen LogP contribution in [0.3, 0.4) is 0 Å². The second-order valence-corrected chi connectivity index (χ2v) is 5.20. The Morgan fingerprint density at radius 1 is 1.05 bits per heavy atom. The van der Waals surface area contributed by atoms with Crippen molar-refractivity contribution in [3.63, 3.8) is 0 Å². The highest BCUT2D eigenvalue weighted by Crippen LogP contribution is 2.17. The second kappa shape index (κ2) is 9.40. The minimum atomic E-state index is -0.579. The molecule has 1 rings (SSSR count). The molecule has 1 aromatic rings. The molecule has 0 amide bonds. The maximum Gasteiger partial charge on any atom is 0.509 e. The van der Waals surface area contributed by atoms with Crippen LogP contribution in [0.15, 0.2) is 30.3 Å². The van der Waals surface area contributed by atoms with Crippen LogP contribution in [0.25, 0.3) is 0 Å². The highest BCUT2D eigenvalue weighted by Gasteiger charge is 2.15. The van der Waals surface area contributed by atoms with Gasteiger partial charge in [-0.3, -0.25) is 0 Å². The molecule has 0 aliphatic heterocycles. The zero-order valence-electron chi connectivity index (χ0n) is 12.8. The second-order valence-electron chi connectivity index (χ2n) is 5.20. The van der Waals surface area contributed by atoms with E-state index >= 15 is 0 Å². The summed E-state index contributed by atoms with van der Waals surface area (Å²) >= 11 is 0. The van der Waals surface area contributed by atoms with E-state index in [1.165, 1.54) is 19.3 Å². The molecule has 0 unspecified atom stereocenters. The topological polar surface area (TPSA) is 35.5 Å². The Morgan fingerprint density at radius 2 is 1.75 bits per heavy atom. The van der Waals surface area contributed by atoms with Gasteiger partial charge in [0.05, 0.1) is 0 Å². The largest absolute Gasteiger partial charge is 0.509 e. The van der Waals surface area contributed by atoms with Crippen molar-refractivity contribution in [2.75, 3.05) is 0 Å². The first-order valence-corrected chi connectivity index (χ1v) is 7.55. The highest BCUT2D eigenvalue weighted by molar-refractivity contribution is 5.60. The van der Waals surface area contributed by atoms with Gasteiger partial charge in [-0.05, 0) is 32.3 Å². The van der Waals surface area contributed by atoms with Crippen LogP contribution in [0.1, 0.15) is 64.5 Å². The predicted octanol–water partition coefficient (Wildman–Crippen LogP) is 5.26. The third-order valence-electron chi connectivity index (χ3n) is 3.30. The van der Waals surface area contributed by atoms with Gasteiger partial charge in [0, 0.05) is 0 Å². The zero-order valence-corrected chi connectivity index (χ0v) is 12.8. The standard InChI is InChI=1S/C17H26O3/c1-4-5-6-8-11-14(2)19-17(18)20-15(3)16-12-9-7-10-13-16/h7,9-10,12-15H,4-6,8,11H2,1-3H3/t14-,15+/m0/s1. The van der Waals surface area contributed by atoms with Crippen LogP contribution >= 0.6 is 0 Å². The lowest BCUT2D eigenvalue weighted by molar-refractivity contribution is 0.00441. The molecule has 0 heterocycles. The quantitative estimate of drug-likeness (QED) is 0.480. The Balaban J connectivity index is 2.25. The van der Waals surface area contributed by atoms with E-state index in [-0.39, 0.29) is 12.2 Å². The summed E-state index contributed by atoms with van der Waals surface area (Å²) in [7, 11) is 0. The zero-order chi connectivity index (χ0) is 14.8. The summed E-state index contributed by atoms with van der Waals surface area (Å²) in [6, 6.07) is 9.67. The van der Waals surface area contributed by atoms with Crippen LogP contribution in [0.4, 0.5) is 4.79 Å². The third-order valence-corrected chi connectivity index (χ3v) is 3.30. The lowest BCUT2D eigenvalue weighted by Crippen LogP contribution is -2.17. The van der Waals surface area contributed by atoms with Gasteiger partial charge in [-0.2, -0.15) is 0 Å². The lowest BCUT2D eigenvalue weighted by atomic mass is 10.1. The monoisotopic (exact) mass is 278 g/mol. The number of hydrogen-bond acceptors (Lipinski definition) is 3. The number of hydrogen-bond donors (Lipinski definition) is 0. The van der Waals surface area contributed by atoms with Crippen LogP contribution in [-0.4, -0.2) is 12.3 Å². The molecule has 0 saturated heterocycles. The summed E-state index contributed by atoms with van der Waals surface area (Å²) in [5.41, 5.74) is 0.972. The number of benzene rings is 1. The molecule has 2 atom stereocenters. The number of carbonyl (C=O) groups excluding carboxylic acids is 1. The SMILES string of the molecule is CCCCCC[C@H](C)OC(=O)O[C@H](C)c1ccccc1. The Labute approximate surface area is 122 Å². The van der Waals surface area contributed by atoms with Crippen molar-refractivity contribution in [1.82, 2.24) is 0 Å². The first kappa shape index (κ1) is 16.5. The van der Waals surface area contributed by atoms with E-state index in [1.54, 1.807) is 0 Å². The van der Waals surface area contributed by atoms with Crippen LogP contribution in [0.2, 0.25) is 0 Å². The van der Waals surface area contributed by atoms with Crippen LogP contribution < -0.4 is 0 Å². The van der Waals surface area contributed by atoms with Crippen molar-refractivity contribution in [2.45, 2.75) is 65.1 Å². The first-order chi connectivity index (χ1) is 9.63. The molecule has 0 bridgehead atoms. The molecular formula is C17H26O3. The van der Waals surface area contributed by atoms with Gasteiger partial charge in [0.15, 0.2) is 0 Å². The average molecular weight is 278 g/mol. The third kappa shape index (κ3) is 6.60. The molecule has 1 aromatic carbocycles. The Morgan fingerprint density at radius 3 is 2.40 bits per heavy atom. The summed E-state index contributed by atoms with van der Waals surface area (Å²) in [5.74, 6) is 0. The minimum Gasteiger partial charge on any atom is -0.431 e. The minimum absolute atomic E-state index is 0.0812. The van der Waals surface area contributed by atoms with Crippen LogP contribution in [0.5, 0.6) is 0 Å². The van der Waals surface area contributed by atoms with E-state index in [1.807, 2.05) is 44.2 Å². The number of ether oxygens (including phenoxy) is 2. The van der Waals surface area contributed by atoms with Crippen molar-refractivity contribution in [2.24, 2.45) is 0 Å². The van der Waals surface area contributed by atoms with Gasteiger partial charge in [0.25, 0.3) is 0 Å². The van der Waals surface area contributed by atoms with E-state index in [2.05, 4.69) is 6.92 Å². The van der Waals surface area contributed by atoms with Gasteiger partial charge in [0.1, 0.15) is 12.2 Å². The van der Waals surface area contributed by atoms with Gasteiger partial charge >= 0.3 is 6.16 Å². The Bertz CT molecular complexity index is 375. The molecule has 20 heavy (non-hydrogen) atoms. The maximum absolute atomic E-state index is 11.7. The molecule has 0 fully saturated rings. The number of carbonyl (C=O) groups is 1. The molecule has 0 N–H and O–H groups in total. The van der Waals surface area contributed by atoms with Gasteiger partial charge in [-0.1, -0.05) is 56.5 Å². The number of unbranched alkanes of at least 4 members (excludes halogenated alkanes) is 3. The molecule has 0 radical (unpaired) electrons. The van der Waals surface area contributed by atoms with E-state index in [0.29, 0.717) is 0 Å². The van der Waals surface area contributed by atoms with Gasteiger partial charge in [0.2, 0.25) is 0 Å². The van der Waals surface area contributed by atoms with Crippen LogP contribution in [0, 0.1) is 0 Å². The van der Waals surface area contributed by atoms with Gasteiger partial charge in [-0.15, -0.1) is 0 Å². The average Bonchev–Trinajstić information content (AvgIpc) is 2.44. The fourth-order valence-corrected chi connectivity index (χ4v) is 2.05. The molecule has 112 valence electrons. The van der Waals surface area contributed by atoms with Gasteiger partial charge < -0.3 is 9.47 Å². The highest BCUT2D eigenvalue weighted by atomic mass is 16.7. The van der Waals surface area contributed by atoms with Crippen molar-refractivity contribution in [1.29, 1.82) is 0 Å². The first-order valence-electron chi connectivity index (χ1n) is 7.55. The van der Waals surface area contributed by atoms with Crippen LogP contribution in [-0.2, 0) is 9.47 Å². The van der Waals surface area contributed by atoms with Crippen molar-refractivity contribution < 1.29 is 14.3 Å². The summed E-state index contributed by atoms with van der Waals surface area (Å²) in [4.78, 5) is 11.7. The van der Waals surface area contributed by atoms with E-state index in [9.17, 15) is 4.79 Å². The molecule has 3 heteroatoms. The fourth-order valence-electron chi connectivity index (χ4n) is 2.05. The summed E-state index contributed by atoms with van der Waals surface area (Å²) in [5, 5.41) is 0. The lowest BCUT2D eigenvalue weighted by Gasteiger charge is -2.16. The summed E-state index contributed by atoms with van der Waals surface area (Å²) in [6.07, 6.45) is 4.70. The van der Waals surface area contributed by atoms with E-state index in [0.717, 1.165) is 18.4 Å². The summed E-state index contributed by atoms with van der Waals surface area (Å²) < 4.78 is 10.5. The number of rotatable bonds is 8. The molecule has 0 spiro atoms. The molecule has 0 aliphatic rings. The Hall–Kier alpha value is -1.51. The van der Waals surface area contributed by atoms with Gasteiger partial charge in [-0.25, -0.2) is 4.79 Å². The van der Waals surface area contributed by atoms with E-state index < -0.39 is 6.16 Å². The maximum atomic E-state index is 11.7. The molecular weight excluding hydrogens is 252 g/mol. The summed E-state index contributed by atoms with van der Waals surface area (Å²) in [6.45, 7) is 5.95. The molecule has 0 saturated carbocycles. The fraction of sp³-hybridized carbons (Fsp3) is 0.588.